The van der Waals surface area contributed by atoms with Gasteiger partial charge in [-0.25, -0.2) is 9.18 Å². The normalized spacial score (nSPS) is 15.2. The van der Waals surface area contributed by atoms with E-state index in [-0.39, 0.29) is 17.8 Å². The van der Waals surface area contributed by atoms with Gasteiger partial charge >= 0.3 is 6.03 Å². The van der Waals surface area contributed by atoms with Crippen molar-refractivity contribution in [3.8, 4) is 5.75 Å². The number of nitrogens with zero attached hydrogens (tertiary/aromatic N) is 1. The van der Waals surface area contributed by atoms with Crippen molar-refractivity contribution < 1.29 is 13.9 Å². The van der Waals surface area contributed by atoms with Crippen LogP contribution < -0.4 is 10.1 Å². The number of amides is 2. The molecule has 0 spiro atoms. The number of likely N-dealkylation sites (tertiary alicyclic amines) is 1. The standard InChI is InChI=1S/C16H23FN2O2/c1-11(2)12-9-15(21-3)14(10-13(12)17)18-16(20)19-7-5-4-6-8-19/h9-11H,4-8H2,1-3H3,(H,18,20). The lowest BCUT2D eigenvalue weighted by Crippen LogP contribution is -2.38. The molecule has 4 nitrogen and oxygen atoms in total. The van der Waals surface area contributed by atoms with Gasteiger partial charge in [0.2, 0.25) is 0 Å². The highest BCUT2D eigenvalue weighted by atomic mass is 19.1. The zero-order valence-electron chi connectivity index (χ0n) is 12.9. The summed E-state index contributed by atoms with van der Waals surface area (Å²) in [5, 5.41) is 2.76. The summed E-state index contributed by atoms with van der Waals surface area (Å²) in [5.74, 6) is 0.232. The van der Waals surface area contributed by atoms with Crippen LogP contribution in [0.2, 0.25) is 0 Å². The molecule has 1 saturated heterocycles. The first kappa shape index (κ1) is 15.6. The molecule has 1 fully saturated rings. The molecule has 0 aromatic heterocycles. The van der Waals surface area contributed by atoms with Crippen LogP contribution in [0, 0.1) is 5.82 Å². The molecule has 0 bridgehead atoms. The summed E-state index contributed by atoms with van der Waals surface area (Å²) in [4.78, 5) is 14.0. The predicted molar refractivity (Wildman–Crippen MR) is 81.5 cm³/mol. The van der Waals surface area contributed by atoms with E-state index in [1.54, 1.807) is 11.0 Å². The highest BCUT2D eigenvalue weighted by molar-refractivity contribution is 5.91. The first-order valence-corrected chi connectivity index (χ1v) is 7.46. The molecule has 1 aliphatic heterocycles. The molecule has 1 N–H and O–H groups in total. The van der Waals surface area contributed by atoms with Crippen LogP contribution in [-0.4, -0.2) is 31.1 Å². The fourth-order valence-corrected chi connectivity index (χ4v) is 2.57. The third kappa shape index (κ3) is 3.65. The van der Waals surface area contributed by atoms with Crippen LogP contribution in [0.5, 0.6) is 5.75 Å². The Bertz CT molecular complexity index is 511. The minimum Gasteiger partial charge on any atom is -0.495 e. The van der Waals surface area contributed by atoms with Gasteiger partial charge in [-0.1, -0.05) is 13.8 Å². The molecule has 1 aromatic carbocycles. The number of anilines is 1. The zero-order chi connectivity index (χ0) is 15.4. The quantitative estimate of drug-likeness (QED) is 0.916. The van der Waals surface area contributed by atoms with Gasteiger partial charge in [-0.3, -0.25) is 0 Å². The van der Waals surface area contributed by atoms with Crippen LogP contribution in [0.1, 0.15) is 44.6 Å². The highest BCUT2D eigenvalue weighted by Gasteiger charge is 2.19. The van der Waals surface area contributed by atoms with E-state index in [1.165, 1.54) is 13.2 Å². The van der Waals surface area contributed by atoms with E-state index in [0.717, 1.165) is 32.4 Å². The van der Waals surface area contributed by atoms with Gasteiger partial charge in [0.05, 0.1) is 12.8 Å². The summed E-state index contributed by atoms with van der Waals surface area (Å²) < 4.78 is 19.4. The molecule has 0 radical (unpaired) electrons. The number of carbonyl (C=O) groups is 1. The number of hydrogen-bond donors (Lipinski definition) is 1. The van der Waals surface area contributed by atoms with Crippen LogP contribution in [0.25, 0.3) is 0 Å². The average Bonchev–Trinajstić information content (AvgIpc) is 2.48. The van der Waals surface area contributed by atoms with Crippen LogP contribution in [0.4, 0.5) is 14.9 Å². The molecular formula is C16H23FN2O2. The number of ether oxygens (including phenoxy) is 1. The van der Waals surface area contributed by atoms with Crippen LogP contribution in [-0.2, 0) is 0 Å². The maximum atomic E-state index is 14.1. The van der Waals surface area contributed by atoms with E-state index in [4.69, 9.17) is 4.74 Å². The monoisotopic (exact) mass is 294 g/mol. The lowest BCUT2D eigenvalue weighted by Gasteiger charge is -2.27. The molecular weight excluding hydrogens is 271 g/mol. The molecule has 0 saturated carbocycles. The van der Waals surface area contributed by atoms with Gasteiger partial charge in [0.15, 0.2) is 0 Å². The number of methoxy groups -OCH3 is 1. The zero-order valence-corrected chi connectivity index (χ0v) is 12.9. The van der Waals surface area contributed by atoms with Crippen molar-refractivity contribution in [3.63, 3.8) is 0 Å². The molecule has 1 heterocycles. The van der Waals surface area contributed by atoms with Gasteiger partial charge in [0.25, 0.3) is 0 Å². The Hall–Kier alpha value is -1.78. The fraction of sp³-hybridized carbons (Fsp3) is 0.562. The molecule has 21 heavy (non-hydrogen) atoms. The van der Waals surface area contributed by atoms with Crippen molar-refractivity contribution in [1.29, 1.82) is 0 Å². The Morgan fingerprint density at radius 1 is 1.29 bits per heavy atom. The summed E-state index contributed by atoms with van der Waals surface area (Å²) in [5.41, 5.74) is 0.970. The van der Waals surface area contributed by atoms with Crippen molar-refractivity contribution in [2.75, 3.05) is 25.5 Å². The summed E-state index contributed by atoms with van der Waals surface area (Å²) >= 11 is 0. The Labute approximate surface area is 125 Å². The summed E-state index contributed by atoms with van der Waals surface area (Å²) in [6.07, 6.45) is 3.20. The largest absolute Gasteiger partial charge is 0.495 e. The number of piperidine rings is 1. The van der Waals surface area contributed by atoms with Gasteiger partial charge in [-0.2, -0.15) is 0 Å². The number of nitrogens with one attached hydrogen (secondary N) is 1. The second kappa shape index (κ2) is 6.78. The lowest BCUT2D eigenvalue weighted by atomic mass is 10.0. The molecule has 2 amide bonds. The predicted octanol–water partition coefficient (Wildman–Crippen LogP) is 3.98. The Kier molecular flexibility index (Phi) is 5.04. The Morgan fingerprint density at radius 3 is 2.52 bits per heavy atom. The summed E-state index contributed by atoms with van der Waals surface area (Å²) in [6.45, 7) is 5.34. The third-order valence-electron chi connectivity index (χ3n) is 3.83. The minimum absolute atomic E-state index is 0.0609. The van der Waals surface area contributed by atoms with Crippen molar-refractivity contribution >= 4 is 11.7 Å². The molecule has 1 aromatic rings. The van der Waals surface area contributed by atoms with E-state index in [2.05, 4.69) is 5.32 Å². The Balaban J connectivity index is 2.18. The maximum absolute atomic E-state index is 14.1. The van der Waals surface area contributed by atoms with Gasteiger partial charge < -0.3 is 15.0 Å². The average molecular weight is 294 g/mol. The van der Waals surface area contributed by atoms with Gasteiger partial charge in [-0.05, 0) is 36.8 Å². The molecule has 2 rings (SSSR count). The van der Waals surface area contributed by atoms with Gasteiger partial charge in [-0.15, -0.1) is 0 Å². The van der Waals surface area contributed by atoms with Crippen LogP contribution in [0.15, 0.2) is 12.1 Å². The van der Waals surface area contributed by atoms with Crippen molar-refractivity contribution in [3.05, 3.63) is 23.5 Å². The van der Waals surface area contributed by atoms with Crippen LogP contribution in [0.3, 0.4) is 0 Å². The lowest BCUT2D eigenvalue weighted by molar-refractivity contribution is 0.200. The molecule has 0 aliphatic carbocycles. The number of urea groups is 1. The number of hydrogen-bond acceptors (Lipinski definition) is 2. The second-order valence-electron chi connectivity index (χ2n) is 5.71. The van der Waals surface area contributed by atoms with E-state index >= 15 is 0 Å². The molecule has 0 atom stereocenters. The number of benzene rings is 1. The van der Waals surface area contributed by atoms with E-state index in [1.807, 2.05) is 13.8 Å². The van der Waals surface area contributed by atoms with Crippen LogP contribution >= 0.6 is 0 Å². The van der Waals surface area contributed by atoms with E-state index in [9.17, 15) is 9.18 Å². The third-order valence-corrected chi connectivity index (χ3v) is 3.83. The SMILES string of the molecule is COc1cc(C(C)C)c(F)cc1NC(=O)N1CCCCC1. The van der Waals surface area contributed by atoms with Gasteiger partial charge in [0.1, 0.15) is 11.6 Å². The number of rotatable bonds is 3. The fourth-order valence-electron chi connectivity index (χ4n) is 2.57. The van der Waals surface area contributed by atoms with E-state index in [0.29, 0.717) is 17.0 Å². The number of carbonyl (C=O) groups excluding carboxylic acids is 1. The van der Waals surface area contributed by atoms with Crippen molar-refractivity contribution in [2.45, 2.75) is 39.0 Å². The second-order valence-corrected chi connectivity index (χ2v) is 5.71. The molecule has 116 valence electrons. The van der Waals surface area contributed by atoms with Crippen molar-refractivity contribution in [1.82, 2.24) is 4.90 Å². The maximum Gasteiger partial charge on any atom is 0.321 e. The Morgan fingerprint density at radius 2 is 1.95 bits per heavy atom. The highest BCUT2D eigenvalue weighted by Crippen LogP contribution is 2.31. The molecule has 1 aliphatic rings. The van der Waals surface area contributed by atoms with E-state index < -0.39 is 0 Å². The van der Waals surface area contributed by atoms with Gasteiger partial charge in [0, 0.05) is 19.2 Å². The number of halogens is 1. The molecule has 0 unspecified atom stereocenters. The first-order valence-electron chi connectivity index (χ1n) is 7.46. The minimum atomic E-state index is -0.320. The summed E-state index contributed by atoms with van der Waals surface area (Å²) in [7, 11) is 1.52. The topological polar surface area (TPSA) is 41.6 Å². The van der Waals surface area contributed by atoms with Crippen molar-refractivity contribution in [2.24, 2.45) is 0 Å². The smallest absolute Gasteiger partial charge is 0.321 e. The first-order chi connectivity index (χ1) is 10.0. The molecule has 5 heteroatoms. The summed E-state index contributed by atoms with van der Waals surface area (Å²) in [6, 6.07) is 2.81.